The summed E-state index contributed by atoms with van der Waals surface area (Å²) in [5.74, 6) is -8.64. The molecule has 65 heavy (non-hydrogen) atoms. The minimum Gasteiger partial charge on any atom is -0.463 e. The molecule has 364 valence electrons. The van der Waals surface area contributed by atoms with Crippen LogP contribution in [0.25, 0.3) is 0 Å². The molecule has 3 saturated heterocycles. The number of esters is 8. The molecule has 2 saturated carbocycles. The van der Waals surface area contributed by atoms with E-state index in [0.717, 1.165) is 61.8 Å². The van der Waals surface area contributed by atoms with Gasteiger partial charge in [-0.25, -0.2) is 0 Å². The van der Waals surface area contributed by atoms with E-state index in [1.807, 2.05) is 0 Å². The molecule has 24 nitrogen and oxygen atoms in total. The minimum atomic E-state index is -1.76. The number of rotatable bonds is 15. The van der Waals surface area contributed by atoms with E-state index >= 15 is 0 Å². The highest BCUT2D eigenvalue weighted by atomic mass is 16.8. The lowest BCUT2D eigenvalue weighted by molar-refractivity contribution is -0.333. The minimum absolute atomic E-state index is 0.419. The van der Waals surface area contributed by atoms with E-state index in [1.54, 1.807) is 0 Å². The molecule has 24 heteroatoms. The number of hydrogen-bond donors (Lipinski definition) is 1. The van der Waals surface area contributed by atoms with Crippen LogP contribution in [0.3, 0.4) is 0 Å². The van der Waals surface area contributed by atoms with Crippen molar-refractivity contribution < 1.29 is 109 Å². The van der Waals surface area contributed by atoms with Gasteiger partial charge in [0.15, 0.2) is 55.0 Å². The highest BCUT2D eigenvalue weighted by molar-refractivity contribution is 5.73. The van der Waals surface area contributed by atoms with Crippen LogP contribution in [0.15, 0.2) is 0 Å². The molecule has 0 aromatic rings. The second kappa shape index (κ2) is 22.0. The van der Waals surface area contributed by atoms with Crippen molar-refractivity contribution >= 4 is 53.7 Å². The summed E-state index contributed by atoms with van der Waals surface area (Å²) in [4.78, 5) is 112. The van der Waals surface area contributed by atoms with E-state index in [0.29, 0.717) is 25.7 Å². The average molecular weight is 932 g/mol. The lowest BCUT2D eigenvalue weighted by Gasteiger charge is -2.46. The molecular weight excluding hydrogens is 874 g/mol. The number of nitrogens with one attached hydrogen (secondary N) is 1. The Kier molecular flexibility index (Phi) is 17.2. The molecule has 5 rings (SSSR count). The molecule has 3 aliphatic heterocycles. The number of hydrogen-bond acceptors (Lipinski definition) is 23. The largest absolute Gasteiger partial charge is 0.463 e. The van der Waals surface area contributed by atoms with E-state index in [9.17, 15) is 43.2 Å². The highest BCUT2D eigenvalue weighted by Gasteiger charge is 2.66. The van der Waals surface area contributed by atoms with Crippen molar-refractivity contribution in [3.8, 4) is 0 Å². The number of carbonyl (C=O) groups is 9. The number of fused-ring (bicyclic) bond motifs is 1. The van der Waals surface area contributed by atoms with Gasteiger partial charge in [-0.3, -0.25) is 43.2 Å². The summed E-state index contributed by atoms with van der Waals surface area (Å²) in [6, 6.07) is -1.33. The van der Waals surface area contributed by atoms with Crippen molar-refractivity contribution in [2.24, 2.45) is 0 Å². The number of carbonyl (C=O) groups excluding carboxylic acids is 9. The van der Waals surface area contributed by atoms with Gasteiger partial charge in [0.2, 0.25) is 5.91 Å². The van der Waals surface area contributed by atoms with Gasteiger partial charge < -0.3 is 71.6 Å². The second-order valence-electron chi connectivity index (χ2n) is 16.2. The predicted octanol–water partition coefficient (Wildman–Crippen LogP) is -0.114. The van der Waals surface area contributed by atoms with Crippen LogP contribution in [0.5, 0.6) is 0 Å². The van der Waals surface area contributed by atoms with Crippen LogP contribution < -0.4 is 5.32 Å². The molecule has 2 aliphatic carbocycles. The summed E-state index contributed by atoms with van der Waals surface area (Å²) in [7, 11) is 0. The van der Waals surface area contributed by atoms with Crippen LogP contribution in [0.1, 0.15) is 94.4 Å². The summed E-state index contributed by atoms with van der Waals surface area (Å²) in [6.45, 7) is 8.63. The molecule has 3 heterocycles. The maximum absolute atomic E-state index is 13.1. The lowest BCUT2D eigenvalue weighted by atomic mass is 9.94. The van der Waals surface area contributed by atoms with Gasteiger partial charge >= 0.3 is 47.8 Å². The van der Waals surface area contributed by atoms with Crippen molar-refractivity contribution in [3.63, 3.8) is 0 Å². The zero-order valence-corrected chi connectivity index (χ0v) is 37.5. The molecule has 1 unspecified atom stereocenters. The number of ether oxygens (including phenoxy) is 14. The molecule has 15 atom stereocenters. The first-order valence-corrected chi connectivity index (χ1v) is 21.1. The SMILES string of the molecule is CC(=O)NC1[C@@H](O[C@@H]2O[C@H](COC(C)=O)[C@@H](OC(C)=O)[C@H](OC(C)=O)[C@H]2OC(C)=O)[C@@H]2OC3(CCCCC3)O[C@@H]2[C@H]1O[C@@H]1O[C@H](COC(C)=O)[C@@H](OC(C)=O)[C@H](OC(C)=O)[C@H]1OC(C)=O. The van der Waals surface area contributed by atoms with E-state index in [1.165, 1.54) is 6.92 Å². The Morgan fingerprint density at radius 2 is 0.785 bits per heavy atom. The highest BCUT2D eigenvalue weighted by Crippen LogP contribution is 2.49. The topological polar surface area (TPSA) is 295 Å². The predicted molar refractivity (Wildman–Crippen MR) is 207 cm³/mol. The molecule has 5 aliphatic rings. The van der Waals surface area contributed by atoms with Gasteiger partial charge in [0.25, 0.3) is 0 Å². The number of amides is 1. The molecule has 5 fully saturated rings. The fourth-order valence-corrected chi connectivity index (χ4v) is 8.72. The second-order valence-corrected chi connectivity index (χ2v) is 16.2. The van der Waals surface area contributed by atoms with Crippen molar-refractivity contribution in [2.75, 3.05) is 13.2 Å². The lowest BCUT2D eigenvalue weighted by Crippen LogP contribution is -2.65. The molecule has 1 spiro atoms. The third kappa shape index (κ3) is 13.1. The quantitative estimate of drug-likeness (QED) is 0.165. The van der Waals surface area contributed by atoms with Gasteiger partial charge in [0.1, 0.15) is 49.8 Å². The Morgan fingerprint density at radius 1 is 0.446 bits per heavy atom. The molecular formula is C41H57NO23. The van der Waals surface area contributed by atoms with Gasteiger partial charge in [-0.1, -0.05) is 6.42 Å². The zero-order chi connectivity index (χ0) is 47.9. The molecule has 0 radical (unpaired) electrons. The summed E-state index contributed by atoms with van der Waals surface area (Å²) in [5, 5.41) is 2.79. The molecule has 0 bridgehead atoms. The Hall–Kier alpha value is -5.01. The first kappa shape index (κ1) is 51.0. The Bertz CT molecular complexity index is 1690. The first-order valence-electron chi connectivity index (χ1n) is 21.1. The van der Waals surface area contributed by atoms with Crippen molar-refractivity contribution in [1.29, 1.82) is 0 Å². The van der Waals surface area contributed by atoms with E-state index in [-0.39, 0.29) is 0 Å². The normalized spacial score (nSPS) is 34.8. The summed E-state index contributed by atoms with van der Waals surface area (Å²) >= 11 is 0. The molecule has 0 aromatic carbocycles. The van der Waals surface area contributed by atoms with Crippen LogP contribution in [0.2, 0.25) is 0 Å². The Labute approximate surface area is 373 Å². The van der Waals surface area contributed by atoms with E-state index < -0.39 is 165 Å². The fraction of sp³-hybridized carbons (Fsp3) is 0.780. The maximum Gasteiger partial charge on any atom is 0.303 e. The van der Waals surface area contributed by atoms with Crippen LogP contribution in [0.4, 0.5) is 0 Å². The molecule has 1 amide bonds. The van der Waals surface area contributed by atoms with Crippen molar-refractivity contribution in [3.05, 3.63) is 0 Å². The summed E-state index contributed by atoms with van der Waals surface area (Å²) < 4.78 is 83.3. The Morgan fingerprint density at radius 3 is 1.11 bits per heavy atom. The zero-order valence-electron chi connectivity index (χ0n) is 37.5. The third-order valence-corrected chi connectivity index (χ3v) is 10.8. The average Bonchev–Trinajstić information content (AvgIpc) is 3.65. The van der Waals surface area contributed by atoms with Crippen LogP contribution in [-0.4, -0.2) is 165 Å². The maximum atomic E-state index is 13.1. The van der Waals surface area contributed by atoms with Gasteiger partial charge in [0.05, 0.1) is 6.04 Å². The Balaban J connectivity index is 1.62. The standard InChI is InChI=1S/C41H57NO23/c1-17(43)42-28-31(62-39-37(58-24(8)50)33(56-22(6)48)29(54-20(4)46)26(60-39)15-52-18(2)44)35-36(65-41(64-35)13-11-10-12-14-41)32(28)63-40-38(59-25(9)51)34(57-23(7)49)30(55-21(5)47)27(61-40)16-53-19(3)45/h26-40H,10-16H2,1-9H3,(H,42,43)/t26-,27-,28?,29-,30-,31-,32+,33+,34+,35+,36-,37-,38-,39+,40+/m1/s1. The van der Waals surface area contributed by atoms with Crippen LogP contribution >= 0.6 is 0 Å². The van der Waals surface area contributed by atoms with Crippen LogP contribution in [0, 0.1) is 0 Å². The van der Waals surface area contributed by atoms with Crippen molar-refractivity contribution in [1.82, 2.24) is 5.32 Å². The smallest absolute Gasteiger partial charge is 0.303 e. The van der Waals surface area contributed by atoms with Gasteiger partial charge in [0, 0.05) is 75.2 Å². The summed E-state index contributed by atoms with van der Waals surface area (Å²) in [6.07, 6.45) is -18.0. The van der Waals surface area contributed by atoms with Crippen molar-refractivity contribution in [2.45, 2.75) is 192 Å². The fourth-order valence-electron chi connectivity index (χ4n) is 8.72. The monoisotopic (exact) mass is 931 g/mol. The van der Waals surface area contributed by atoms with E-state index in [2.05, 4.69) is 5.32 Å². The molecule has 0 aromatic heterocycles. The van der Waals surface area contributed by atoms with Gasteiger partial charge in [-0.15, -0.1) is 0 Å². The third-order valence-electron chi connectivity index (χ3n) is 10.8. The van der Waals surface area contributed by atoms with Gasteiger partial charge in [-0.2, -0.15) is 0 Å². The van der Waals surface area contributed by atoms with E-state index in [4.69, 9.17) is 66.3 Å². The summed E-state index contributed by atoms with van der Waals surface area (Å²) in [5.41, 5.74) is 0. The van der Waals surface area contributed by atoms with Crippen LogP contribution in [-0.2, 0) is 109 Å². The first-order chi connectivity index (χ1) is 30.6. The van der Waals surface area contributed by atoms with Gasteiger partial charge in [-0.05, 0) is 12.8 Å². The molecule has 1 N–H and O–H groups in total.